The van der Waals surface area contributed by atoms with Crippen molar-refractivity contribution in [1.82, 2.24) is 9.97 Å². The normalized spacial score (nSPS) is 12.5. The number of hydrogen-bond acceptors (Lipinski definition) is 5. The van der Waals surface area contributed by atoms with Gasteiger partial charge in [-0.2, -0.15) is 0 Å². The molecule has 5 nitrogen and oxygen atoms in total. The second kappa shape index (κ2) is 6.31. The minimum absolute atomic E-state index is 0.0327. The number of aryl methyl sites for hydroxylation is 1. The molecule has 1 heterocycles. The van der Waals surface area contributed by atoms with Gasteiger partial charge in [0, 0.05) is 27.0 Å². The van der Waals surface area contributed by atoms with E-state index in [0.717, 1.165) is 11.6 Å². The Hall–Kier alpha value is -1.20. The van der Waals surface area contributed by atoms with Gasteiger partial charge in [0.15, 0.2) is 0 Å². The number of aromatic nitrogens is 2. The lowest BCUT2D eigenvalue weighted by Crippen LogP contribution is -2.26. The summed E-state index contributed by atoms with van der Waals surface area (Å²) < 4.78 is 10.2. The minimum atomic E-state index is 0.0327. The van der Waals surface area contributed by atoms with Crippen LogP contribution in [0.2, 0.25) is 0 Å². The molecule has 5 heteroatoms. The molecule has 1 aromatic heterocycles. The molecule has 0 fully saturated rings. The summed E-state index contributed by atoms with van der Waals surface area (Å²) in [7, 11) is 3.32. The first kappa shape index (κ1) is 11.9. The second-order valence-corrected chi connectivity index (χ2v) is 3.18. The zero-order chi connectivity index (χ0) is 11.1. The first-order valence-corrected chi connectivity index (χ1v) is 4.81. The average Bonchev–Trinajstić information content (AvgIpc) is 2.24. The van der Waals surface area contributed by atoms with Crippen LogP contribution in [0.25, 0.3) is 0 Å². The van der Waals surface area contributed by atoms with Crippen LogP contribution in [0.1, 0.15) is 5.82 Å². The lowest BCUT2D eigenvalue weighted by atomic mass is 10.3. The van der Waals surface area contributed by atoms with Gasteiger partial charge in [-0.1, -0.05) is 0 Å². The van der Waals surface area contributed by atoms with Crippen molar-refractivity contribution in [3.63, 3.8) is 0 Å². The number of nitrogens with zero attached hydrogens (tertiary/aromatic N) is 2. The highest BCUT2D eigenvalue weighted by atomic mass is 16.5. The second-order valence-electron chi connectivity index (χ2n) is 3.18. The van der Waals surface area contributed by atoms with Gasteiger partial charge in [-0.3, -0.25) is 0 Å². The Labute approximate surface area is 89.8 Å². The van der Waals surface area contributed by atoms with Gasteiger partial charge in [-0.05, 0) is 13.0 Å². The molecule has 1 unspecified atom stereocenters. The molecule has 0 radical (unpaired) electrons. The van der Waals surface area contributed by atoms with E-state index in [-0.39, 0.29) is 6.10 Å². The highest BCUT2D eigenvalue weighted by Crippen LogP contribution is 2.02. The van der Waals surface area contributed by atoms with Gasteiger partial charge in [0.1, 0.15) is 11.6 Å². The van der Waals surface area contributed by atoms with E-state index in [1.165, 1.54) is 0 Å². The Bertz CT molecular complexity index is 294. The van der Waals surface area contributed by atoms with Crippen molar-refractivity contribution in [3.8, 4) is 0 Å². The highest BCUT2D eigenvalue weighted by molar-refractivity contribution is 5.32. The summed E-state index contributed by atoms with van der Waals surface area (Å²) >= 11 is 0. The van der Waals surface area contributed by atoms with Crippen molar-refractivity contribution in [1.29, 1.82) is 0 Å². The van der Waals surface area contributed by atoms with Crippen LogP contribution in [0.15, 0.2) is 12.3 Å². The molecule has 0 amide bonds. The molecule has 1 aromatic rings. The van der Waals surface area contributed by atoms with Crippen LogP contribution in [0.3, 0.4) is 0 Å². The van der Waals surface area contributed by atoms with Crippen LogP contribution in [0.5, 0.6) is 0 Å². The fourth-order valence-electron chi connectivity index (χ4n) is 1.17. The lowest BCUT2D eigenvalue weighted by molar-refractivity contribution is 0.0365. The Morgan fingerprint density at radius 3 is 2.87 bits per heavy atom. The standard InChI is InChI=1S/C10H17N3O2/c1-8-11-5-4-10(13-8)12-6-9(15-3)7-14-2/h4-5,9H,6-7H2,1-3H3,(H,11,12,13). The van der Waals surface area contributed by atoms with Crippen LogP contribution in [-0.4, -0.2) is 43.4 Å². The molecule has 1 N–H and O–H groups in total. The maximum absolute atomic E-state index is 5.21. The van der Waals surface area contributed by atoms with E-state index >= 15 is 0 Å². The van der Waals surface area contributed by atoms with Crippen LogP contribution < -0.4 is 5.32 Å². The van der Waals surface area contributed by atoms with Crippen LogP contribution in [0, 0.1) is 6.92 Å². The van der Waals surface area contributed by atoms with Gasteiger partial charge < -0.3 is 14.8 Å². The zero-order valence-corrected chi connectivity index (χ0v) is 9.36. The average molecular weight is 211 g/mol. The van der Waals surface area contributed by atoms with Gasteiger partial charge in [0.2, 0.25) is 0 Å². The van der Waals surface area contributed by atoms with Gasteiger partial charge in [-0.25, -0.2) is 9.97 Å². The largest absolute Gasteiger partial charge is 0.382 e. The molecule has 84 valence electrons. The quantitative estimate of drug-likeness (QED) is 0.756. The molecular weight excluding hydrogens is 194 g/mol. The molecule has 0 aromatic carbocycles. The third-order valence-corrected chi connectivity index (χ3v) is 1.97. The zero-order valence-electron chi connectivity index (χ0n) is 9.36. The molecule has 15 heavy (non-hydrogen) atoms. The SMILES string of the molecule is COCC(CNc1ccnc(C)n1)OC. The first-order valence-electron chi connectivity index (χ1n) is 4.81. The van der Waals surface area contributed by atoms with Gasteiger partial charge in [0.05, 0.1) is 12.7 Å². The number of rotatable bonds is 6. The van der Waals surface area contributed by atoms with Crippen molar-refractivity contribution in [2.24, 2.45) is 0 Å². The predicted molar refractivity (Wildman–Crippen MR) is 57.9 cm³/mol. The molecular formula is C10H17N3O2. The summed E-state index contributed by atoms with van der Waals surface area (Å²) in [5, 5.41) is 3.17. The predicted octanol–water partition coefficient (Wildman–Crippen LogP) is 0.858. The fourth-order valence-corrected chi connectivity index (χ4v) is 1.17. The Morgan fingerprint density at radius 2 is 2.27 bits per heavy atom. The van der Waals surface area contributed by atoms with Crippen molar-refractivity contribution in [2.75, 3.05) is 32.7 Å². The van der Waals surface area contributed by atoms with E-state index in [2.05, 4.69) is 15.3 Å². The van der Waals surface area contributed by atoms with E-state index in [0.29, 0.717) is 13.2 Å². The van der Waals surface area contributed by atoms with E-state index in [4.69, 9.17) is 9.47 Å². The highest BCUT2D eigenvalue weighted by Gasteiger charge is 2.06. The van der Waals surface area contributed by atoms with Gasteiger partial charge >= 0.3 is 0 Å². The summed E-state index contributed by atoms with van der Waals surface area (Å²) in [6.07, 6.45) is 1.76. The van der Waals surface area contributed by atoms with Gasteiger partial charge in [-0.15, -0.1) is 0 Å². The van der Waals surface area contributed by atoms with E-state index in [9.17, 15) is 0 Å². The molecule has 0 bridgehead atoms. The Kier molecular flexibility index (Phi) is 5.00. The molecule has 0 saturated heterocycles. The monoisotopic (exact) mass is 211 g/mol. The number of methoxy groups -OCH3 is 2. The fraction of sp³-hybridized carbons (Fsp3) is 0.600. The maximum Gasteiger partial charge on any atom is 0.129 e. The number of anilines is 1. The molecule has 0 aliphatic heterocycles. The summed E-state index contributed by atoms with van der Waals surface area (Å²) in [4.78, 5) is 8.24. The first-order chi connectivity index (χ1) is 7.26. The van der Waals surface area contributed by atoms with E-state index in [1.54, 1.807) is 20.4 Å². The lowest BCUT2D eigenvalue weighted by Gasteiger charge is -2.15. The topological polar surface area (TPSA) is 56.3 Å². The summed E-state index contributed by atoms with van der Waals surface area (Å²) in [5.74, 6) is 1.56. The maximum atomic E-state index is 5.21. The van der Waals surface area contributed by atoms with Crippen LogP contribution in [-0.2, 0) is 9.47 Å². The Balaban J connectivity index is 2.41. The van der Waals surface area contributed by atoms with Gasteiger partial charge in [0.25, 0.3) is 0 Å². The summed E-state index contributed by atoms with van der Waals surface area (Å²) in [5.41, 5.74) is 0. The molecule has 0 aliphatic rings. The smallest absolute Gasteiger partial charge is 0.129 e. The van der Waals surface area contributed by atoms with Crippen molar-refractivity contribution < 1.29 is 9.47 Å². The molecule has 0 saturated carbocycles. The molecule has 1 rings (SSSR count). The molecule has 1 atom stereocenters. The third-order valence-electron chi connectivity index (χ3n) is 1.97. The Morgan fingerprint density at radius 1 is 1.47 bits per heavy atom. The van der Waals surface area contributed by atoms with Crippen molar-refractivity contribution in [2.45, 2.75) is 13.0 Å². The third kappa shape index (κ3) is 4.22. The molecule has 0 aliphatic carbocycles. The number of hydrogen-bond donors (Lipinski definition) is 1. The summed E-state index contributed by atoms with van der Waals surface area (Å²) in [6.45, 7) is 3.09. The van der Waals surface area contributed by atoms with Crippen molar-refractivity contribution >= 4 is 5.82 Å². The van der Waals surface area contributed by atoms with Crippen LogP contribution >= 0.6 is 0 Å². The van der Waals surface area contributed by atoms with E-state index in [1.807, 2.05) is 13.0 Å². The minimum Gasteiger partial charge on any atom is -0.382 e. The van der Waals surface area contributed by atoms with Crippen LogP contribution in [0.4, 0.5) is 5.82 Å². The number of ether oxygens (including phenoxy) is 2. The molecule has 0 spiro atoms. The number of nitrogens with one attached hydrogen (secondary N) is 1. The van der Waals surface area contributed by atoms with Crippen molar-refractivity contribution in [3.05, 3.63) is 18.1 Å². The summed E-state index contributed by atoms with van der Waals surface area (Å²) in [6, 6.07) is 1.83. The van der Waals surface area contributed by atoms with E-state index < -0.39 is 0 Å².